The second-order valence-corrected chi connectivity index (χ2v) is 3.26. The van der Waals surface area contributed by atoms with E-state index in [1.165, 1.54) is 0 Å². The van der Waals surface area contributed by atoms with Crippen LogP contribution < -0.4 is 5.32 Å². The first-order valence-corrected chi connectivity index (χ1v) is 4.84. The van der Waals surface area contributed by atoms with Gasteiger partial charge >= 0.3 is 0 Å². The first-order valence-electron chi connectivity index (χ1n) is 3.59. The van der Waals surface area contributed by atoms with Crippen molar-refractivity contribution in [2.45, 2.75) is 6.54 Å². The molecule has 1 N–H and O–H groups in total. The first kappa shape index (κ1) is 9.38. The normalized spacial score (nSPS) is 12.8. The Morgan fingerprint density at radius 3 is 2.58 bits per heavy atom. The van der Waals surface area contributed by atoms with Gasteiger partial charge in [-0.15, -0.1) is 0 Å². The fourth-order valence-corrected chi connectivity index (χ4v) is 1.14. The van der Waals surface area contributed by atoms with E-state index < -0.39 is 11.1 Å². The Balaban J connectivity index is 2.29. The van der Waals surface area contributed by atoms with Crippen molar-refractivity contribution in [2.75, 3.05) is 5.88 Å². The van der Waals surface area contributed by atoms with Gasteiger partial charge in [0.15, 0.2) is 0 Å². The summed E-state index contributed by atoms with van der Waals surface area (Å²) in [6.45, 7) is 0.592. The summed E-state index contributed by atoms with van der Waals surface area (Å²) >= 11 is -2.00. The summed E-state index contributed by atoms with van der Waals surface area (Å²) in [5, 5.41) is 2.79. The molecule has 0 aliphatic rings. The second kappa shape index (κ2) is 5.03. The summed E-state index contributed by atoms with van der Waals surface area (Å²) in [6, 6.07) is 9.66. The molecule has 0 aromatic heterocycles. The molecule has 0 radical (unpaired) electrons. The quantitative estimate of drug-likeness (QED) is 0.698. The fourth-order valence-electron chi connectivity index (χ4n) is 0.875. The topological polar surface area (TPSA) is 52.2 Å². The minimum absolute atomic E-state index is 0.00882. The first-order chi connectivity index (χ1) is 5.79. The van der Waals surface area contributed by atoms with Gasteiger partial charge in [0.2, 0.25) is 0 Å². The lowest BCUT2D eigenvalue weighted by atomic mass is 10.2. The van der Waals surface area contributed by atoms with Crippen LogP contribution in [0.15, 0.2) is 30.3 Å². The smallest absolute Gasteiger partial charge is 0.0591 e. The van der Waals surface area contributed by atoms with E-state index >= 15 is 0 Å². The maximum Gasteiger partial charge on any atom is 0.0591 e. The molecule has 3 nitrogen and oxygen atoms in total. The van der Waals surface area contributed by atoms with E-state index in [1.54, 1.807) is 0 Å². The van der Waals surface area contributed by atoms with Crippen LogP contribution in [0.2, 0.25) is 0 Å². The lowest BCUT2D eigenvalue weighted by molar-refractivity contribution is 0.529. The van der Waals surface area contributed by atoms with Gasteiger partial charge in [-0.1, -0.05) is 30.3 Å². The van der Waals surface area contributed by atoms with Crippen LogP contribution in [-0.2, 0) is 17.6 Å². The third-order valence-electron chi connectivity index (χ3n) is 1.39. The minimum Gasteiger partial charge on any atom is -0.771 e. The van der Waals surface area contributed by atoms with Crippen molar-refractivity contribution in [1.82, 2.24) is 5.32 Å². The molecule has 0 aliphatic carbocycles. The van der Waals surface area contributed by atoms with Crippen molar-refractivity contribution < 1.29 is 8.76 Å². The van der Waals surface area contributed by atoms with Gasteiger partial charge in [-0.25, -0.2) is 0 Å². The Morgan fingerprint density at radius 2 is 2.00 bits per heavy atom. The van der Waals surface area contributed by atoms with Gasteiger partial charge in [0.1, 0.15) is 0 Å². The molecule has 66 valence electrons. The van der Waals surface area contributed by atoms with Crippen LogP contribution in [0.5, 0.6) is 0 Å². The van der Waals surface area contributed by atoms with E-state index in [2.05, 4.69) is 5.32 Å². The van der Waals surface area contributed by atoms with Crippen LogP contribution in [0.25, 0.3) is 0 Å². The van der Waals surface area contributed by atoms with E-state index in [0.29, 0.717) is 6.54 Å². The van der Waals surface area contributed by atoms with Crippen molar-refractivity contribution in [3.8, 4) is 0 Å². The average Bonchev–Trinajstić information content (AvgIpc) is 2.05. The van der Waals surface area contributed by atoms with Crippen molar-refractivity contribution in [3.63, 3.8) is 0 Å². The molecule has 1 atom stereocenters. The largest absolute Gasteiger partial charge is 0.771 e. The molecule has 0 saturated carbocycles. The molecule has 0 amide bonds. The molecule has 0 saturated heterocycles. The highest BCUT2D eigenvalue weighted by Gasteiger charge is 1.88. The van der Waals surface area contributed by atoms with Crippen LogP contribution in [0.1, 0.15) is 5.56 Å². The van der Waals surface area contributed by atoms with Crippen molar-refractivity contribution in [3.05, 3.63) is 35.9 Å². The molecule has 0 bridgehead atoms. The molecular formula is C8H10NO2S-. The van der Waals surface area contributed by atoms with Crippen LogP contribution in [-0.4, -0.2) is 14.6 Å². The molecule has 1 rings (SSSR count). The van der Waals surface area contributed by atoms with Crippen LogP contribution in [0.4, 0.5) is 0 Å². The summed E-state index contributed by atoms with van der Waals surface area (Å²) in [7, 11) is 0. The van der Waals surface area contributed by atoms with Gasteiger partial charge in [-0.3, -0.25) is 4.21 Å². The molecule has 12 heavy (non-hydrogen) atoms. The molecule has 0 spiro atoms. The maximum atomic E-state index is 10.1. The minimum atomic E-state index is -2.00. The van der Waals surface area contributed by atoms with Gasteiger partial charge in [-0.2, -0.15) is 0 Å². The molecule has 0 fully saturated rings. The third-order valence-corrected chi connectivity index (χ3v) is 1.83. The van der Waals surface area contributed by atoms with Gasteiger partial charge in [0, 0.05) is 6.54 Å². The zero-order chi connectivity index (χ0) is 8.81. The van der Waals surface area contributed by atoms with Crippen LogP contribution in [0, 0.1) is 0 Å². The SMILES string of the molecule is O=S([O-])CNCc1ccccc1. The monoisotopic (exact) mass is 184 g/mol. The summed E-state index contributed by atoms with van der Waals surface area (Å²) in [5.41, 5.74) is 1.09. The number of hydrogen-bond acceptors (Lipinski definition) is 3. The summed E-state index contributed by atoms with van der Waals surface area (Å²) in [4.78, 5) is 0. The van der Waals surface area contributed by atoms with E-state index in [9.17, 15) is 8.76 Å². The molecule has 1 aromatic carbocycles. The van der Waals surface area contributed by atoms with E-state index in [1.807, 2.05) is 30.3 Å². The Labute approximate surface area is 74.1 Å². The van der Waals surface area contributed by atoms with Gasteiger partial charge in [0.05, 0.1) is 5.88 Å². The van der Waals surface area contributed by atoms with Crippen LogP contribution >= 0.6 is 0 Å². The summed E-state index contributed by atoms with van der Waals surface area (Å²) in [6.07, 6.45) is 0. The molecule has 1 aromatic rings. The van der Waals surface area contributed by atoms with E-state index in [4.69, 9.17) is 0 Å². The predicted molar refractivity (Wildman–Crippen MR) is 47.1 cm³/mol. The van der Waals surface area contributed by atoms with Crippen LogP contribution in [0.3, 0.4) is 0 Å². The molecule has 4 heteroatoms. The van der Waals surface area contributed by atoms with Gasteiger partial charge in [-0.05, 0) is 16.6 Å². The third kappa shape index (κ3) is 3.61. The summed E-state index contributed by atoms with van der Waals surface area (Å²) < 4.78 is 20.3. The van der Waals surface area contributed by atoms with Gasteiger partial charge in [0.25, 0.3) is 0 Å². The highest BCUT2D eigenvalue weighted by molar-refractivity contribution is 7.79. The van der Waals surface area contributed by atoms with E-state index in [0.717, 1.165) is 5.56 Å². The number of nitrogens with one attached hydrogen (secondary N) is 1. The highest BCUT2D eigenvalue weighted by atomic mass is 32.2. The average molecular weight is 184 g/mol. The second-order valence-electron chi connectivity index (χ2n) is 2.36. The lowest BCUT2D eigenvalue weighted by Crippen LogP contribution is -2.18. The predicted octanol–water partition coefficient (Wildman–Crippen LogP) is 0.613. The zero-order valence-corrected chi connectivity index (χ0v) is 7.34. The highest BCUT2D eigenvalue weighted by Crippen LogP contribution is 1.96. The Morgan fingerprint density at radius 1 is 1.33 bits per heavy atom. The molecule has 1 unspecified atom stereocenters. The summed E-state index contributed by atoms with van der Waals surface area (Å²) in [5.74, 6) is 0.00882. The Hall–Kier alpha value is -0.710. The van der Waals surface area contributed by atoms with E-state index in [-0.39, 0.29) is 5.88 Å². The van der Waals surface area contributed by atoms with Gasteiger partial charge < -0.3 is 9.87 Å². The van der Waals surface area contributed by atoms with Crippen molar-refractivity contribution >= 4 is 11.1 Å². The maximum absolute atomic E-state index is 10.1. The van der Waals surface area contributed by atoms with Crippen molar-refractivity contribution in [1.29, 1.82) is 0 Å². The standard InChI is InChI=1S/C8H11NO2S/c10-12(11)7-9-6-8-4-2-1-3-5-8/h1-5,9H,6-7H2,(H,10,11)/p-1. The zero-order valence-electron chi connectivity index (χ0n) is 6.53. The lowest BCUT2D eigenvalue weighted by Gasteiger charge is -2.06. The fraction of sp³-hybridized carbons (Fsp3) is 0.250. The number of rotatable bonds is 4. The molecule has 0 aliphatic heterocycles. The Kier molecular flexibility index (Phi) is 3.93. The molecular weight excluding hydrogens is 174 g/mol. The Bertz CT molecular complexity index is 250. The number of benzene rings is 1. The molecule has 0 heterocycles. The van der Waals surface area contributed by atoms with Crippen molar-refractivity contribution in [2.24, 2.45) is 0 Å². The number of hydrogen-bond donors (Lipinski definition) is 1.